The summed E-state index contributed by atoms with van der Waals surface area (Å²) in [5.74, 6) is 2.55. The molecule has 0 nitrogen and oxygen atoms in total. The number of rotatable bonds is 14. The van der Waals surface area contributed by atoms with E-state index >= 15 is 0 Å². The van der Waals surface area contributed by atoms with E-state index in [-0.39, 0.29) is 0 Å². The molecule has 362 valence electrons. The smallest absolute Gasteiger partial charge is 0.0268 e. The predicted octanol–water partition coefficient (Wildman–Crippen LogP) is 18.7. The maximum absolute atomic E-state index is 2.71. The molecule has 0 spiro atoms. The molecule has 0 N–H and O–H groups in total. The van der Waals surface area contributed by atoms with Gasteiger partial charge in [-0.25, -0.2) is 0 Å². The van der Waals surface area contributed by atoms with E-state index in [4.69, 9.17) is 0 Å². The van der Waals surface area contributed by atoms with E-state index in [1.165, 1.54) is 169 Å². The van der Waals surface area contributed by atoms with Crippen molar-refractivity contribution in [1.82, 2.24) is 0 Å². The molecule has 2 aliphatic carbocycles. The van der Waals surface area contributed by atoms with Crippen molar-refractivity contribution in [3.63, 3.8) is 0 Å². The van der Waals surface area contributed by atoms with Crippen molar-refractivity contribution in [2.75, 3.05) is 0 Å². The maximum atomic E-state index is 2.71. The van der Waals surface area contributed by atoms with Crippen LogP contribution in [0.1, 0.15) is 217 Å². The number of benzene rings is 4. The van der Waals surface area contributed by atoms with Gasteiger partial charge in [-0.1, -0.05) is 6.92 Å². The van der Waals surface area contributed by atoms with Crippen molar-refractivity contribution in [3.8, 4) is 0 Å². The van der Waals surface area contributed by atoms with E-state index in [1.807, 2.05) is 0 Å². The first-order valence-electron chi connectivity index (χ1n) is 27.1. The zero-order valence-corrected chi connectivity index (χ0v) is 47.0. The molecule has 2 fully saturated rings. The van der Waals surface area contributed by atoms with Crippen LogP contribution in [0, 0.1) is 167 Å². The van der Waals surface area contributed by atoms with Crippen LogP contribution in [-0.2, 0) is 25.7 Å². The van der Waals surface area contributed by atoms with Crippen LogP contribution in [-0.4, -0.2) is 0 Å². The molecule has 0 radical (unpaired) electrons. The van der Waals surface area contributed by atoms with Gasteiger partial charge in [0, 0.05) is 0 Å². The van der Waals surface area contributed by atoms with Gasteiger partial charge in [0.1, 0.15) is 0 Å². The Labute approximate surface area is 408 Å². The standard InChI is InChI=1S/C66H98/c1-38-42(5)50(13)61(51(14)43(38)6)26-34-65(35-27-62-52(15)44(7)39(2)45(8)53(62)16)30-22-59(23-31-65)58(21)60-24-32-66(33-25-60,36-28-63-54(17)46(9)40(3)47(10)55(63)18)37-29-64-56(19)48(11)41(4)49(12)57(64)20/h58-60H,22-37H2,1-21H3. The summed E-state index contributed by atoms with van der Waals surface area (Å²) in [5.41, 5.74) is 38.0. The zero-order valence-electron chi connectivity index (χ0n) is 47.0. The topological polar surface area (TPSA) is 0 Å². The van der Waals surface area contributed by atoms with E-state index in [2.05, 4.69) is 145 Å². The summed E-state index contributed by atoms with van der Waals surface area (Å²) >= 11 is 0. The van der Waals surface area contributed by atoms with Crippen molar-refractivity contribution in [2.24, 2.45) is 28.6 Å². The van der Waals surface area contributed by atoms with Gasteiger partial charge in [0.05, 0.1) is 0 Å². The summed E-state index contributed by atoms with van der Waals surface area (Å²) in [5, 5.41) is 0. The summed E-state index contributed by atoms with van der Waals surface area (Å²) in [6.07, 6.45) is 21.6. The Morgan fingerprint density at radius 2 is 0.424 bits per heavy atom. The third kappa shape index (κ3) is 9.85. The second-order valence-electron chi connectivity index (χ2n) is 23.9. The first-order valence-corrected chi connectivity index (χ1v) is 27.1. The third-order valence-corrected chi connectivity index (χ3v) is 21.9. The Kier molecular flexibility index (Phi) is 16.2. The molecule has 0 atom stereocenters. The Morgan fingerprint density at radius 1 is 0.273 bits per heavy atom. The van der Waals surface area contributed by atoms with Gasteiger partial charge in [-0.15, -0.1) is 0 Å². The monoisotopic (exact) mass is 891 g/mol. The molecule has 0 saturated heterocycles. The fourth-order valence-corrected chi connectivity index (χ4v) is 14.6. The Balaban J connectivity index is 1.22. The van der Waals surface area contributed by atoms with Gasteiger partial charge in [-0.2, -0.15) is 0 Å². The molecule has 0 amide bonds. The average molecular weight is 892 g/mol. The van der Waals surface area contributed by atoms with Gasteiger partial charge in [0.25, 0.3) is 0 Å². The van der Waals surface area contributed by atoms with Crippen LogP contribution in [0.2, 0.25) is 0 Å². The minimum Gasteiger partial charge on any atom is -0.0620 e. The summed E-state index contributed by atoms with van der Waals surface area (Å²) in [7, 11) is 0. The fraction of sp³-hybridized carbons (Fsp3) is 0.636. The van der Waals surface area contributed by atoms with Crippen molar-refractivity contribution >= 4 is 0 Å². The van der Waals surface area contributed by atoms with Gasteiger partial charge in [-0.3, -0.25) is 0 Å². The van der Waals surface area contributed by atoms with Crippen molar-refractivity contribution in [3.05, 3.63) is 134 Å². The molecular formula is C66H98. The summed E-state index contributed by atoms with van der Waals surface area (Å²) < 4.78 is 0. The van der Waals surface area contributed by atoms with E-state index in [1.54, 1.807) is 66.8 Å². The Morgan fingerprint density at radius 3 is 0.591 bits per heavy atom. The van der Waals surface area contributed by atoms with Crippen LogP contribution in [0.15, 0.2) is 0 Å². The van der Waals surface area contributed by atoms with Crippen LogP contribution in [0.3, 0.4) is 0 Å². The molecule has 0 aromatic heterocycles. The molecule has 0 aliphatic heterocycles. The lowest BCUT2D eigenvalue weighted by molar-refractivity contribution is 0.0494. The van der Waals surface area contributed by atoms with Crippen molar-refractivity contribution in [1.29, 1.82) is 0 Å². The van der Waals surface area contributed by atoms with E-state index < -0.39 is 0 Å². The minimum absolute atomic E-state index is 0.418. The van der Waals surface area contributed by atoms with Crippen LogP contribution >= 0.6 is 0 Å². The predicted molar refractivity (Wildman–Crippen MR) is 292 cm³/mol. The first kappa shape index (κ1) is 52.3. The highest BCUT2D eigenvalue weighted by Crippen LogP contribution is 2.53. The van der Waals surface area contributed by atoms with Gasteiger partial charge < -0.3 is 0 Å². The van der Waals surface area contributed by atoms with Crippen molar-refractivity contribution < 1.29 is 0 Å². The highest BCUT2D eigenvalue weighted by molar-refractivity contribution is 5.52. The molecule has 66 heavy (non-hydrogen) atoms. The SMILES string of the molecule is Cc1c(C)c(C)c(CCC2(CCc3c(C)c(C)c(C)c(C)c3C)CCC(C(C)C3CCC(CCc4c(C)c(C)c(C)c(C)c4C)(CCc4c(C)c(C)c(C)c(C)c4C)CC3)CC2)c(C)c1C. The van der Waals surface area contributed by atoms with Crippen LogP contribution in [0.5, 0.6) is 0 Å². The molecular weight excluding hydrogens is 793 g/mol. The van der Waals surface area contributed by atoms with Crippen LogP contribution < -0.4 is 0 Å². The summed E-state index contributed by atoms with van der Waals surface area (Å²) in [6.45, 7) is 50.3. The molecule has 0 bridgehead atoms. The number of hydrogen-bond donors (Lipinski definition) is 0. The van der Waals surface area contributed by atoms with Crippen LogP contribution in [0.4, 0.5) is 0 Å². The molecule has 6 rings (SSSR count). The highest BCUT2D eigenvalue weighted by atomic mass is 14.5. The number of hydrogen-bond acceptors (Lipinski definition) is 0. The second kappa shape index (κ2) is 20.5. The minimum atomic E-state index is 0.418. The van der Waals surface area contributed by atoms with E-state index in [9.17, 15) is 0 Å². The maximum Gasteiger partial charge on any atom is -0.0268 e. The lowest BCUT2D eigenvalue weighted by Gasteiger charge is -2.47. The quantitative estimate of drug-likeness (QED) is 0.118. The molecule has 4 aromatic carbocycles. The highest BCUT2D eigenvalue weighted by Gasteiger charge is 2.42. The van der Waals surface area contributed by atoms with Gasteiger partial charge in [0.15, 0.2) is 0 Å². The molecule has 0 heteroatoms. The molecule has 2 saturated carbocycles. The normalized spacial score (nSPS) is 16.8. The van der Waals surface area contributed by atoms with E-state index in [0.717, 1.165) is 17.8 Å². The molecule has 0 unspecified atom stereocenters. The third-order valence-electron chi connectivity index (χ3n) is 21.9. The van der Waals surface area contributed by atoms with Crippen molar-refractivity contribution in [2.45, 2.75) is 248 Å². The Bertz CT molecular complexity index is 2000. The summed E-state index contributed by atoms with van der Waals surface area (Å²) in [6, 6.07) is 0. The fourth-order valence-electron chi connectivity index (χ4n) is 14.6. The van der Waals surface area contributed by atoms with Gasteiger partial charge in [-0.05, 0) is 403 Å². The molecule has 0 heterocycles. The molecule has 4 aromatic rings. The van der Waals surface area contributed by atoms with Crippen LogP contribution in [0.25, 0.3) is 0 Å². The molecule has 2 aliphatic rings. The first-order chi connectivity index (χ1) is 30.9. The van der Waals surface area contributed by atoms with Gasteiger partial charge >= 0.3 is 0 Å². The zero-order chi connectivity index (χ0) is 48.9. The summed E-state index contributed by atoms with van der Waals surface area (Å²) in [4.78, 5) is 0. The largest absolute Gasteiger partial charge is 0.0620 e. The Hall–Kier alpha value is -3.12. The van der Waals surface area contributed by atoms with E-state index in [0.29, 0.717) is 10.8 Å². The lowest BCUT2D eigenvalue weighted by Crippen LogP contribution is -2.36. The average Bonchev–Trinajstić information content (AvgIpc) is 3.31. The lowest BCUT2D eigenvalue weighted by atomic mass is 9.58. The second-order valence-corrected chi connectivity index (χ2v) is 23.9. The van der Waals surface area contributed by atoms with Gasteiger partial charge in [0.2, 0.25) is 0 Å².